The van der Waals surface area contributed by atoms with E-state index in [2.05, 4.69) is 11.1 Å². The normalized spacial score (nSPS) is 10.2. The van der Waals surface area contributed by atoms with Crippen LogP contribution in [0.25, 0.3) is 10.9 Å². The Morgan fingerprint density at radius 1 is 1.41 bits per heavy atom. The van der Waals surface area contributed by atoms with Gasteiger partial charge in [0.15, 0.2) is 0 Å². The third-order valence-corrected chi connectivity index (χ3v) is 2.87. The van der Waals surface area contributed by atoms with E-state index in [1.165, 1.54) is 0 Å². The van der Waals surface area contributed by atoms with Crippen molar-refractivity contribution in [2.75, 3.05) is 19.0 Å². The molecule has 4 heteroatoms. The topological polar surface area (TPSA) is 39.9 Å². The Morgan fingerprint density at radius 3 is 2.82 bits per heavy atom. The molecule has 1 aromatic heterocycles. The Kier molecular flexibility index (Phi) is 3.16. The highest BCUT2D eigenvalue weighted by Crippen LogP contribution is 2.29. The molecule has 0 fully saturated rings. The zero-order valence-corrected chi connectivity index (χ0v) is 10.5. The van der Waals surface area contributed by atoms with Gasteiger partial charge >= 0.3 is 0 Å². The van der Waals surface area contributed by atoms with Gasteiger partial charge < -0.3 is 4.90 Å². The molecular formula is C13H12ClN3. The first-order valence-corrected chi connectivity index (χ1v) is 5.63. The van der Waals surface area contributed by atoms with Crippen LogP contribution in [-0.2, 0) is 6.42 Å². The van der Waals surface area contributed by atoms with Gasteiger partial charge in [0, 0.05) is 25.2 Å². The lowest BCUT2D eigenvalue weighted by Crippen LogP contribution is -2.10. The van der Waals surface area contributed by atoms with Gasteiger partial charge in [0.1, 0.15) is 0 Å². The minimum atomic E-state index is 0.294. The Morgan fingerprint density at radius 2 is 2.18 bits per heavy atom. The molecule has 2 rings (SSSR count). The van der Waals surface area contributed by atoms with Gasteiger partial charge in [-0.1, -0.05) is 23.7 Å². The number of para-hydroxylation sites is 1. The van der Waals surface area contributed by atoms with Crippen molar-refractivity contribution in [3.05, 3.63) is 35.0 Å². The molecule has 0 aliphatic carbocycles. The van der Waals surface area contributed by atoms with E-state index in [0.717, 1.165) is 22.3 Å². The number of aromatic nitrogens is 1. The number of pyridine rings is 1. The van der Waals surface area contributed by atoms with Crippen molar-refractivity contribution in [2.45, 2.75) is 6.42 Å². The van der Waals surface area contributed by atoms with Crippen molar-refractivity contribution in [3.63, 3.8) is 0 Å². The smallest absolute Gasteiger partial charge is 0.0912 e. The maximum Gasteiger partial charge on any atom is 0.0912 e. The Labute approximate surface area is 105 Å². The van der Waals surface area contributed by atoms with Gasteiger partial charge in [-0.05, 0) is 12.1 Å². The summed E-state index contributed by atoms with van der Waals surface area (Å²) in [5.41, 5.74) is 2.53. The molecule has 17 heavy (non-hydrogen) atoms. The van der Waals surface area contributed by atoms with Crippen molar-refractivity contribution in [1.29, 1.82) is 5.26 Å². The van der Waals surface area contributed by atoms with Crippen LogP contribution in [0, 0.1) is 11.3 Å². The molecule has 1 heterocycles. The van der Waals surface area contributed by atoms with E-state index < -0.39 is 0 Å². The first-order chi connectivity index (χ1) is 8.13. The minimum absolute atomic E-state index is 0.294. The monoisotopic (exact) mass is 245 g/mol. The summed E-state index contributed by atoms with van der Waals surface area (Å²) >= 11 is 6.14. The quantitative estimate of drug-likeness (QED) is 0.817. The first kappa shape index (κ1) is 11.7. The fraction of sp³-hybridized carbons (Fsp3) is 0.231. The Balaban J connectivity index is 2.77. The maximum absolute atomic E-state index is 8.75. The molecule has 0 bridgehead atoms. The molecule has 0 spiro atoms. The van der Waals surface area contributed by atoms with Crippen molar-refractivity contribution in [1.82, 2.24) is 4.98 Å². The summed E-state index contributed by atoms with van der Waals surface area (Å²) < 4.78 is 0. The largest absolute Gasteiger partial charge is 0.377 e. The number of hydrogen-bond acceptors (Lipinski definition) is 3. The average molecular weight is 246 g/mol. The van der Waals surface area contributed by atoms with E-state index in [4.69, 9.17) is 16.9 Å². The molecule has 0 amide bonds. The van der Waals surface area contributed by atoms with Crippen molar-refractivity contribution in [3.8, 4) is 6.07 Å². The summed E-state index contributed by atoms with van der Waals surface area (Å²) in [6.45, 7) is 0. The van der Waals surface area contributed by atoms with E-state index in [1.54, 1.807) is 0 Å². The van der Waals surface area contributed by atoms with E-state index in [-0.39, 0.29) is 0 Å². The minimum Gasteiger partial charge on any atom is -0.377 e. The van der Waals surface area contributed by atoms with Crippen LogP contribution in [0.5, 0.6) is 0 Å². The van der Waals surface area contributed by atoms with Crippen molar-refractivity contribution >= 4 is 28.2 Å². The molecular weight excluding hydrogens is 234 g/mol. The Hall–Kier alpha value is -1.79. The number of nitriles is 1. The molecule has 0 radical (unpaired) electrons. The standard InChI is InChI=1S/C13H12ClN3/c1-17(2)12-8-9(6-7-15)16-13-10(12)4-3-5-11(13)14/h3-5,8H,6H2,1-2H3. The van der Waals surface area contributed by atoms with Gasteiger partial charge in [0.2, 0.25) is 0 Å². The van der Waals surface area contributed by atoms with E-state index in [9.17, 15) is 0 Å². The molecule has 0 aliphatic rings. The second kappa shape index (κ2) is 4.60. The highest BCUT2D eigenvalue weighted by Gasteiger charge is 2.09. The summed E-state index contributed by atoms with van der Waals surface area (Å²) in [7, 11) is 3.93. The summed E-state index contributed by atoms with van der Waals surface area (Å²) in [5, 5.41) is 10.4. The molecule has 0 N–H and O–H groups in total. The van der Waals surface area contributed by atoms with Gasteiger partial charge in [-0.3, -0.25) is 4.98 Å². The van der Waals surface area contributed by atoms with Gasteiger partial charge in [0.25, 0.3) is 0 Å². The number of anilines is 1. The van der Waals surface area contributed by atoms with Crippen LogP contribution in [0.2, 0.25) is 5.02 Å². The highest BCUT2D eigenvalue weighted by atomic mass is 35.5. The summed E-state index contributed by atoms with van der Waals surface area (Å²) in [6.07, 6.45) is 0.294. The lowest BCUT2D eigenvalue weighted by Gasteiger charge is -2.16. The van der Waals surface area contributed by atoms with Crippen LogP contribution in [0.3, 0.4) is 0 Å². The van der Waals surface area contributed by atoms with E-state index in [1.807, 2.05) is 43.3 Å². The zero-order chi connectivity index (χ0) is 12.4. The Bertz CT molecular complexity index is 599. The van der Waals surface area contributed by atoms with Crippen LogP contribution >= 0.6 is 11.6 Å². The van der Waals surface area contributed by atoms with E-state index >= 15 is 0 Å². The van der Waals surface area contributed by atoms with Crippen LogP contribution in [0.15, 0.2) is 24.3 Å². The van der Waals surface area contributed by atoms with Crippen LogP contribution in [0.1, 0.15) is 5.69 Å². The number of benzene rings is 1. The number of halogens is 1. The molecule has 0 aliphatic heterocycles. The molecule has 0 saturated heterocycles. The van der Waals surface area contributed by atoms with Gasteiger partial charge in [-0.25, -0.2) is 0 Å². The summed E-state index contributed by atoms with van der Waals surface area (Å²) in [5.74, 6) is 0. The fourth-order valence-electron chi connectivity index (χ4n) is 1.79. The van der Waals surface area contributed by atoms with Crippen LogP contribution in [-0.4, -0.2) is 19.1 Å². The maximum atomic E-state index is 8.75. The van der Waals surface area contributed by atoms with Crippen molar-refractivity contribution < 1.29 is 0 Å². The lowest BCUT2D eigenvalue weighted by atomic mass is 10.1. The molecule has 2 aromatic rings. The van der Waals surface area contributed by atoms with Crippen LogP contribution in [0.4, 0.5) is 5.69 Å². The number of nitrogens with zero attached hydrogens (tertiary/aromatic N) is 3. The van der Waals surface area contributed by atoms with Gasteiger partial charge in [-0.15, -0.1) is 0 Å². The molecule has 0 unspecified atom stereocenters. The third-order valence-electron chi connectivity index (χ3n) is 2.56. The SMILES string of the molecule is CN(C)c1cc(CC#N)nc2c(Cl)cccc12. The van der Waals surface area contributed by atoms with Gasteiger partial charge in [-0.2, -0.15) is 5.26 Å². The summed E-state index contributed by atoms with van der Waals surface area (Å²) in [4.78, 5) is 6.43. The number of hydrogen-bond donors (Lipinski definition) is 0. The average Bonchev–Trinajstić information content (AvgIpc) is 2.29. The predicted molar refractivity (Wildman–Crippen MR) is 70.4 cm³/mol. The summed E-state index contributed by atoms with van der Waals surface area (Å²) in [6, 6.07) is 9.75. The lowest BCUT2D eigenvalue weighted by molar-refractivity contribution is 1.10. The number of rotatable bonds is 2. The van der Waals surface area contributed by atoms with E-state index in [0.29, 0.717) is 11.4 Å². The fourth-order valence-corrected chi connectivity index (χ4v) is 2.01. The second-order valence-corrected chi connectivity index (χ2v) is 4.41. The predicted octanol–water partition coefficient (Wildman–Crippen LogP) is 3.02. The van der Waals surface area contributed by atoms with Gasteiger partial charge in [0.05, 0.1) is 28.7 Å². The number of fused-ring (bicyclic) bond motifs is 1. The second-order valence-electron chi connectivity index (χ2n) is 4.00. The molecule has 86 valence electrons. The molecule has 3 nitrogen and oxygen atoms in total. The zero-order valence-electron chi connectivity index (χ0n) is 9.74. The first-order valence-electron chi connectivity index (χ1n) is 5.26. The third kappa shape index (κ3) is 2.17. The van der Waals surface area contributed by atoms with Crippen LogP contribution < -0.4 is 4.90 Å². The molecule has 0 saturated carbocycles. The van der Waals surface area contributed by atoms with Crippen molar-refractivity contribution in [2.24, 2.45) is 0 Å². The highest BCUT2D eigenvalue weighted by molar-refractivity contribution is 6.35. The molecule has 1 aromatic carbocycles. The molecule has 0 atom stereocenters.